The predicted octanol–water partition coefficient (Wildman–Crippen LogP) is 4.68. The quantitative estimate of drug-likeness (QED) is 0.292. The molecule has 0 aliphatic rings. The van der Waals surface area contributed by atoms with E-state index in [1.54, 1.807) is 18.3 Å². The lowest BCUT2D eigenvalue weighted by molar-refractivity contribution is 0.0955. The van der Waals surface area contributed by atoms with Gasteiger partial charge in [-0.3, -0.25) is 9.48 Å². The first kappa shape index (κ1) is 19.8. The van der Waals surface area contributed by atoms with Crippen LogP contribution in [0.15, 0.2) is 58.1 Å². The normalized spacial score (nSPS) is 11.1. The molecular weight excluding hydrogens is 519 g/mol. The molecule has 0 radical (unpaired) electrons. The molecule has 1 amide bonds. The van der Waals surface area contributed by atoms with Crippen LogP contribution < -0.4 is 5.43 Å². The Morgan fingerprint density at radius 1 is 1.26 bits per heavy atom. The summed E-state index contributed by atoms with van der Waals surface area (Å²) >= 11 is 5.78. The number of aryl methyl sites for hydroxylation is 1. The number of amides is 1. The number of benzene rings is 2. The standard InChI is InChI=1S/C20H18BrIN4O/c1-13-19(21)14(2)26(25-13)12-15-6-8-17(9-7-15)20(27)24-23-11-16-4-3-5-18(22)10-16/h3-11H,12H2,1-2H3,(H,24,27)/b23-11+. The molecule has 2 aromatic carbocycles. The third-order valence-corrected chi connectivity index (χ3v) is 5.89. The maximum absolute atomic E-state index is 12.2. The van der Waals surface area contributed by atoms with Gasteiger partial charge < -0.3 is 0 Å². The highest BCUT2D eigenvalue weighted by molar-refractivity contribution is 14.1. The number of nitrogens with zero attached hydrogens (tertiary/aromatic N) is 3. The largest absolute Gasteiger partial charge is 0.271 e. The van der Waals surface area contributed by atoms with Gasteiger partial charge in [-0.25, -0.2) is 5.43 Å². The van der Waals surface area contributed by atoms with Gasteiger partial charge in [-0.1, -0.05) is 24.3 Å². The predicted molar refractivity (Wildman–Crippen MR) is 119 cm³/mol. The first-order valence-corrected chi connectivity index (χ1v) is 10.2. The van der Waals surface area contributed by atoms with Crippen LogP contribution in [0.4, 0.5) is 0 Å². The second-order valence-electron chi connectivity index (χ2n) is 6.09. The summed E-state index contributed by atoms with van der Waals surface area (Å²) in [4.78, 5) is 12.2. The topological polar surface area (TPSA) is 59.3 Å². The first-order valence-electron chi connectivity index (χ1n) is 8.31. The summed E-state index contributed by atoms with van der Waals surface area (Å²) in [6.45, 7) is 4.65. The number of carbonyl (C=O) groups excluding carboxylic acids is 1. The molecule has 0 saturated heterocycles. The molecule has 5 nitrogen and oxygen atoms in total. The smallest absolute Gasteiger partial charge is 0.267 e. The maximum Gasteiger partial charge on any atom is 0.271 e. The van der Waals surface area contributed by atoms with Crippen molar-refractivity contribution in [2.75, 3.05) is 0 Å². The SMILES string of the molecule is Cc1nn(Cc2ccc(C(=O)N/N=C/c3cccc(I)c3)cc2)c(C)c1Br. The number of carbonyl (C=O) groups is 1. The summed E-state index contributed by atoms with van der Waals surface area (Å²) in [6.07, 6.45) is 1.63. The van der Waals surface area contributed by atoms with Gasteiger partial charge >= 0.3 is 0 Å². The van der Waals surface area contributed by atoms with E-state index in [9.17, 15) is 4.79 Å². The van der Waals surface area contributed by atoms with E-state index in [1.807, 2.05) is 54.9 Å². The van der Waals surface area contributed by atoms with E-state index in [1.165, 1.54) is 0 Å². The van der Waals surface area contributed by atoms with Crippen LogP contribution in [-0.4, -0.2) is 21.9 Å². The molecule has 1 heterocycles. The molecule has 1 aromatic heterocycles. The van der Waals surface area contributed by atoms with Crippen LogP contribution >= 0.6 is 38.5 Å². The highest BCUT2D eigenvalue weighted by Gasteiger charge is 2.09. The molecule has 0 spiro atoms. The highest BCUT2D eigenvalue weighted by atomic mass is 127. The van der Waals surface area contributed by atoms with Crippen LogP contribution in [-0.2, 0) is 6.54 Å². The van der Waals surface area contributed by atoms with Crippen molar-refractivity contribution in [1.29, 1.82) is 0 Å². The number of hydrogen-bond acceptors (Lipinski definition) is 3. The maximum atomic E-state index is 12.2. The van der Waals surface area contributed by atoms with E-state index in [-0.39, 0.29) is 5.91 Å². The molecule has 27 heavy (non-hydrogen) atoms. The molecule has 0 aliphatic carbocycles. The Labute approximate surface area is 180 Å². The summed E-state index contributed by atoms with van der Waals surface area (Å²) in [5.41, 5.74) is 7.19. The molecule has 0 fully saturated rings. The second-order valence-corrected chi connectivity index (χ2v) is 8.13. The van der Waals surface area contributed by atoms with Gasteiger partial charge in [0.1, 0.15) is 0 Å². The zero-order valence-electron chi connectivity index (χ0n) is 14.9. The Hall–Kier alpha value is -2.00. The average molecular weight is 537 g/mol. The van der Waals surface area contributed by atoms with E-state index in [0.717, 1.165) is 30.6 Å². The number of halogens is 2. The summed E-state index contributed by atoms with van der Waals surface area (Å²) in [5, 5.41) is 8.53. The Bertz CT molecular complexity index is 996. The Morgan fingerprint density at radius 2 is 2.00 bits per heavy atom. The molecule has 0 bridgehead atoms. The number of hydrazone groups is 1. The summed E-state index contributed by atoms with van der Waals surface area (Å²) in [7, 11) is 0. The van der Waals surface area contributed by atoms with Gasteiger partial charge in [-0.2, -0.15) is 10.2 Å². The first-order chi connectivity index (χ1) is 12.9. The van der Waals surface area contributed by atoms with Crippen molar-refractivity contribution in [3.05, 3.63) is 84.7 Å². The van der Waals surface area contributed by atoms with Gasteiger partial charge in [0.2, 0.25) is 0 Å². The highest BCUT2D eigenvalue weighted by Crippen LogP contribution is 2.20. The Kier molecular flexibility index (Phi) is 6.43. The van der Waals surface area contributed by atoms with E-state index < -0.39 is 0 Å². The monoisotopic (exact) mass is 536 g/mol. The van der Waals surface area contributed by atoms with Crippen molar-refractivity contribution >= 4 is 50.6 Å². The molecule has 0 atom stereocenters. The fourth-order valence-corrected chi connectivity index (χ4v) is 3.43. The van der Waals surface area contributed by atoms with Crippen LogP contribution in [0.2, 0.25) is 0 Å². The van der Waals surface area contributed by atoms with Gasteiger partial charge in [0.25, 0.3) is 5.91 Å². The van der Waals surface area contributed by atoms with E-state index in [4.69, 9.17) is 0 Å². The third-order valence-electron chi connectivity index (χ3n) is 4.07. The number of hydrogen-bond donors (Lipinski definition) is 1. The third kappa shape index (κ3) is 5.04. The van der Waals surface area contributed by atoms with Crippen LogP contribution in [0.1, 0.15) is 32.9 Å². The van der Waals surface area contributed by atoms with Gasteiger partial charge in [0, 0.05) is 9.13 Å². The molecule has 1 N–H and O–H groups in total. The van der Waals surface area contributed by atoms with Crippen LogP contribution in [0.5, 0.6) is 0 Å². The van der Waals surface area contributed by atoms with Crippen molar-refractivity contribution in [1.82, 2.24) is 15.2 Å². The summed E-state index contributed by atoms with van der Waals surface area (Å²) in [6, 6.07) is 15.3. The molecule has 3 rings (SSSR count). The zero-order valence-corrected chi connectivity index (χ0v) is 18.7. The Balaban J connectivity index is 1.62. The zero-order chi connectivity index (χ0) is 19.4. The molecule has 138 valence electrons. The van der Waals surface area contributed by atoms with Crippen LogP contribution in [0, 0.1) is 17.4 Å². The van der Waals surface area contributed by atoms with E-state index in [2.05, 4.69) is 54.1 Å². The minimum Gasteiger partial charge on any atom is -0.267 e. The van der Waals surface area contributed by atoms with Crippen molar-refractivity contribution < 1.29 is 4.79 Å². The lowest BCUT2D eigenvalue weighted by Crippen LogP contribution is -2.17. The molecular formula is C20H18BrIN4O. The number of nitrogens with one attached hydrogen (secondary N) is 1. The van der Waals surface area contributed by atoms with E-state index >= 15 is 0 Å². The van der Waals surface area contributed by atoms with Crippen molar-refractivity contribution in [3.63, 3.8) is 0 Å². The van der Waals surface area contributed by atoms with Crippen molar-refractivity contribution in [3.8, 4) is 0 Å². The minimum atomic E-state index is -0.239. The second kappa shape index (κ2) is 8.79. The van der Waals surface area contributed by atoms with E-state index in [0.29, 0.717) is 12.1 Å². The lowest BCUT2D eigenvalue weighted by Gasteiger charge is -2.06. The summed E-state index contributed by atoms with van der Waals surface area (Å²) < 4.78 is 4.09. The van der Waals surface area contributed by atoms with Crippen molar-refractivity contribution in [2.45, 2.75) is 20.4 Å². The fraction of sp³-hybridized carbons (Fsp3) is 0.150. The van der Waals surface area contributed by atoms with Crippen molar-refractivity contribution in [2.24, 2.45) is 5.10 Å². The Morgan fingerprint density at radius 3 is 2.63 bits per heavy atom. The minimum absolute atomic E-state index is 0.239. The van der Waals surface area contributed by atoms with Gasteiger partial charge in [0.15, 0.2) is 0 Å². The molecule has 7 heteroatoms. The molecule has 0 aliphatic heterocycles. The van der Waals surface area contributed by atoms with Crippen LogP contribution in [0.25, 0.3) is 0 Å². The van der Waals surface area contributed by atoms with Gasteiger partial charge in [0.05, 0.1) is 28.6 Å². The number of rotatable bonds is 5. The average Bonchev–Trinajstić information content (AvgIpc) is 2.89. The molecule has 0 saturated carbocycles. The number of aromatic nitrogens is 2. The van der Waals surface area contributed by atoms with Gasteiger partial charge in [-0.15, -0.1) is 0 Å². The molecule has 0 unspecified atom stereocenters. The lowest BCUT2D eigenvalue weighted by atomic mass is 10.1. The fourth-order valence-electron chi connectivity index (χ4n) is 2.58. The van der Waals surface area contributed by atoms with Crippen LogP contribution in [0.3, 0.4) is 0 Å². The summed E-state index contributed by atoms with van der Waals surface area (Å²) in [5.74, 6) is -0.239. The van der Waals surface area contributed by atoms with Gasteiger partial charge in [-0.05, 0) is 87.8 Å². The molecule has 3 aromatic rings.